The highest BCUT2D eigenvalue weighted by atomic mass is 32.2. The molecule has 2 N–H and O–H groups in total. The van der Waals surface area contributed by atoms with Crippen LogP contribution >= 0.6 is 0 Å². The Labute approximate surface area is 144 Å². The van der Waals surface area contributed by atoms with Crippen molar-refractivity contribution in [2.75, 3.05) is 11.9 Å². The van der Waals surface area contributed by atoms with E-state index in [4.69, 9.17) is 0 Å². The van der Waals surface area contributed by atoms with Gasteiger partial charge in [-0.1, -0.05) is 12.1 Å². The van der Waals surface area contributed by atoms with Crippen LogP contribution in [0.5, 0.6) is 0 Å². The van der Waals surface area contributed by atoms with Crippen molar-refractivity contribution in [1.82, 2.24) is 4.72 Å². The highest BCUT2D eigenvalue weighted by Gasteiger charge is 2.29. The number of hydrogen-bond acceptors (Lipinski definition) is 4. The van der Waals surface area contributed by atoms with E-state index in [-0.39, 0.29) is 35.4 Å². The summed E-state index contributed by atoms with van der Waals surface area (Å²) in [6.07, 6.45) is 0.0736. The molecule has 8 heteroatoms. The molecule has 1 heterocycles. The van der Waals surface area contributed by atoms with Gasteiger partial charge in [-0.3, -0.25) is 14.5 Å². The summed E-state index contributed by atoms with van der Waals surface area (Å²) >= 11 is 0. The summed E-state index contributed by atoms with van der Waals surface area (Å²) in [6, 6.07) is 10.6. The second kappa shape index (κ2) is 6.64. The Morgan fingerprint density at radius 1 is 1.24 bits per heavy atom. The topological polar surface area (TPSA) is 87.6 Å². The van der Waals surface area contributed by atoms with Crippen LogP contribution in [0.15, 0.2) is 52.4 Å². The molecule has 2 aromatic carbocycles. The number of rotatable bonds is 4. The molecule has 3 rings (SSSR count). The lowest BCUT2D eigenvalue weighted by atomic mass is 10.2. The van der Waals surface area contributed by atoms with Crippen LogP contribution < -0.4 is 10.0 Å². The minimum Gasteiger partial charge on any atom is -0.326 e. The number of carbonyl (C=O) groups excluding carboxylic acids is 1. The predicted octanol–water partition coefficient (Wildman–Crippen LogP) is 2.20. The molecule has 1 amide bonds. The van der Waals surface area contributed by atoms with E-state index in [2.05, 4.69) is 15.0 Å². The third-order valence-electron chi connectivity index (χ3n) is 3.73. The molecule has 0 aromatic heterocycles. The minimum atomic E-state index is -3.58. The SMILES string of the molecule is Cc1cc(F)ccc1NC(=O)CCN=C1NS(=O)(=O)c2ccccc21. The van der Waals surface area contributed by atoms with Gasteiger partial charge < -0.3 is 5.32 Å². The van der Waals surface area contributed by atoms with Crippen LogP contribution in [0.2, 0.25) is 0 Å². The van der Waals surface area contributed by atoms with Crippen molar-refractivity contribution in [3.63, 3.8) is 0 Å². The summed E-state index contributed by atoms with van der Waals surface area (Å²) in [4.78, 5) is 16.3. The molecular weight excluding hydrogens is 345 g/mol. The standard InChI is InChI=1S/C17H16FN3O3S/c1-11-10-12(18)6-7-14(11)20-16(22)8-9-19-17-13-4-2-3-5-15(13)25(23,24)21-17/h2-7,10H,8-9H2,1H3,(H,19,21)(H,20,22). The number of hydrogen-bond donors (Lipinski definition) is 2. The molecule has 0 atom stereocenters. The van der Waals surface area contributed by atoms with E-state index in [1.165, 1.54) is 24.3 Å². The number of nitrogens with zero attached hydrogens (tertiary/aromatic N) is 1. The molecule has 0 saturated heterocycles. The molecule has 130 valence electrons. The summed E-state index contributed by atoms with van der Waals surface area (Å²) in [5.74, 6) is -0.413. The number of nitrogens with one attached hydrogen (secondary N) is 2. The molecule has 1 aliphatic rings. The first-order valence-electron chi connectivity index (χ1n) is 7.59. The Morgan fingerprint density at radius 3 is 2.76 bits per heavy atom. The number of amidine groups is 1. The highest BCUT2D eigenvalue weighted by molar-refractivity contribution is 7.90. The van der Waals surface area contributed by atoms with Gasteiger partial charge in [-0.25, -0.2) is 12.8 Å². The van der Waals surface area contributed by atoms with Crippen molar-refractivity contribution in [2.45, 2.75) is 18.2 Å². The Bertz CT molecular complexity index is 971. The number of aryl methyl sites for hydroxylation is 1. The van der Waals surface area contributed by atoms with Gasteiger partial charge in [0.2, 0.25) is 5.91 Å². The van der Waals surface area contributed by atoms with Crippen molar-refractivity contribution in [3.05, 3.63) is 59.4 Å². The van der Waals surface area contributed by atoms with E-state index in [0.717, 1.165) is 0 Å². The molecular formula is C17H16FN3O3S. The number of amides is 1. The van der Waals surface area contributed by atoms with Crippen LogP contribution in [-0.4, -0.2) is 26.7 Å². The smallest absolute Gasteiger partial charge is 0.263 e. The highest BCUT2D eigenvalue weighted by Crippen LogP contribution is 2.22. The lowest BCUT2D eigenvalue weighted by Gasteiger charge is -2.07. The molecule has 1 aliphatic heterocycles. The Balaban J connectivity index is 1.65. The molecule has 0 fully saturated rings. The number of aliphatic imine (C=N–C) groups is 1. The van der Waals surface area contributed by atoms with Crippen LogP contribution in [0.1, 0.15) is 17.5 Å². The number of carbonyl (C=O) groups is 1. The van der Waals surface area contributed by atoms with Crippen LogP contribution in [0.4, 0.5) is 10.1 Å². The van der Waals surface area contributed by atoms with Gasteiger partial charge in [-0.2, -0.15) is 0 Å². The van der Waals surface area contributed by atoms with Crippen molar-refractivity contribution in [2.24, 2.45) is 4.99 Å². The summed E-state index contributed by atoms with van der Waals surface area (Å²) in [7, 11) is -3.58. The van der Waals surface area contributed by atoms with Crippen molar-refractivity contribution in [1.29, 1.82) is 0 Å². The lowest BCUT2D eigenvalue weighted by Crippen LogP contribution is -2.23. The average Bonchev–Trinajstić information content (AvgIpc) is 2.82. The maximum atomic E-state index is 13.1. The normalized spacial score (nSPS) is 16.3. The van der Waals surface area contributed by atoms with Gasteiger partial charge in [0, 0.05) is 17.7 Å². The van der Waals surface area contributed by atoms with E-state index in [9.17, 15) is 17.6 Å². The van der Waals surface area contributed by atoms with E-state index < -0.39 is 10.0 Å². The average molecular weight is 361 g/mol. The van der Waals surface area contributed by atoms with Crippen LogP contribution in [0.3, 0.4) is 0 Å². The fourth-order valence-electron chi connectivity index (χ4n) is 2.50. The van der Waals surface area contributed by atoms with E-state index in [0.29, 0.717) is 16.8 Å². The second-order valence-electron chi connectivity index (χ2n) is 5.59. The summed E-state index contributed by atoms with van der Waals surface area (Å²) in [6.45, 7) is 1.82. The molecule has 0 unspecified atom stereocenters. The van der Waals surface area contributed by atoms with Crippen molar-refractivity contribution < 1.29 is 17.6 Å². The zero-order chi connectivity index (χ0) is 18.0. The maximum Gasteiger partial charge on any atom is 0.263 e. The predicted molar refractivity (Wildman–Crippen MR) is 92.6 cm³/mol. The lowest BCUT2D eigenvalue weighted by molar-refractivity contribution is -0.116. The molecule has 0 saturated carbocycles. The van der Waals surface area contributed by atoms with E-state index in [1.54, 1.807) is 25.1 Å². The largest absolute Gasteiger partial charge is 0.326 e. The third kappa shape index (κ3) is 3.69. The van der Waals surface area contributed by atoms with Gasteiger partial charge in [-0.05, 0) is 42.8 Å². The first-order valence-corrected chi connectivity index (χ1v) is 9.08. The van der Waals surface area contributed by atoms with Gasteiger partial charge in [0.1, 0.15) is 11.7 Å². The Hall–Kier alpha value is -2.74. The van der Waals surface area contributed by atoms with Crippen molar-refractivity contribution in [3.8, 4) is 0 Å². The zero-order valence-electron chi connectivity index (χ0n) is 13.4. The second-order valence-corrected chi connectivity index (χ2v) is 7.24. The fraction of sp³-hybridized carbons (Fsp3) is 0.176. The van der Waals surface area contributed by atoms with Gasteiger partial charge in [0.25, 0.3) is 10.0 Å². The summed E-state index contributed by atoms with van der Waals surface area (Å²) in [5.41, 5.74) is 1.65. The molecule has 6 nitrogen and oxygen atoms in total. The molecule has 0 spiro atoms. The first kappa shape index (κ1) is 17.1. The van der Waals surface area contributed by atoms with Crippen LogP contribution in [-0.2, 0) is 14.8 Å². The molecule has 0 bridgehead atoms. The van der Waals surface area contributed by atoms with Crippen molar-refractivity contribution >= 4 is 27.5 Å². The van der Waals surface area contributed by atoms with Crippen LogP contribution in [0, 0.1) is 12.7 Å². The van der Waals surface area contributed by atoms with Gasteiger partial charge in [-0.15, -0.1) is 0 Å². The molecule has 2 aromatic rings. The number of fused-ring (bicyclic) bond motifs is 1. The van der Waals surface area contributed by atoms with Gasteiger partial charge >= 0.3 is 0 Å². The minimum absolute atomic E-state index is 0.0736. The van der Waals surface area contributed by atoms with E-state index >= 15 is 0 Å². The van der Waals surface area contributed by atoms with Gasteiger partial charge in [0.15, 0.2) is 0 Å². The number of anilines is 1. The monoisotopic (exact) mass is 361 g/mol. The summed E-state index contributed by atoms with van der Waals surface area (Å²) < 4.78 is 39.4. The number of halogens is 1. The molecule has 0 radical (unpaired) electrons. The summed E-state index contributed by atoms with van der Waals surface area (Å²) in [5, 5.41) is 2.68. The van der Waals surface area contributed by atoms with E-state index in [1.807, 2.05) is 0 Å². The Kier molecular flexibility index (Phi) is 4.54. The third-order valence-corrected chi connectivity index (χ3v) is 5.13. The number of sulfonamides is 1. The fourth-order valence-corrected chi connectivity index (χ4v) is 3.75. The van der Waals surface area contributed by atoms with Crippen LogP contribution in [0.25, 0.3) is 0 Å². The number of benzene rings is 2. The Morgan fingerprint density at radius 2 is 2.00 bits per heavy atom. The molecule has 25 heavy (non-hydrogen) atoms. The first-order chi connectivity index (χ1) is 11.9. The zero-order valence-corrected chi connectivity index (χ0v) is 14.2. The molecule has 0 aliphatic carbocycles. The van der Waals surface area contributed by atoms with Gasteiger partial charge in [0.05, 0.1) is 11.4 Å². The quantitative estimate of drug-likeness (QED) is 0.875. The maximum absolute atomic E-state index is 13.1.